The van der Waals surface area contributed by atoms with Gasteiger partial charge in [0.2, 0.25) is 0 Å². The van der Waals surface area contributed by atoms with Crippen LogP contribution in [0.5, 0.6) is 0 Å². The normalized spacial score (nSPS) is 11.3. The standard InChI is InChI=1S/C24H27N3O4S2/c1-16-13-17(2)23(18(3)14-16)33(29,30)27-20-6-8-21(9-7-20)32-22-10-5-19(15-26-22)24(28)25-11-12-31-4/h5-10,13-15,27H,11-12H2,1-4H3,(H,25,28). The number of methoxy groups -OCH3 is 1. The summed E-state index contributed by atoms with van der Waals surface area (Å²) in [5.74, 6) is -0.202. The zero-order valence-electron chi connectivity index (χ0n) is 19.0. The van der Waals surface area contributed by atoms with Crippen LogP contribution in [0.25, 0.3) is 0 Å². The number of sulfonamides is 1. The van der Waals surface area contributed by atoms with Gasteiger partial charge in [0, 0.05) is 30.4 Å². The van der Waals surface area contributed by atoms with Gasteiger partial charge in [-0.25, -0.2) is 13.4 Å². The number of anilines is 1. The lowest BCUT2D eigenvalue weighted by Crippen LogP contribution is -2.26. The first-order valence-corrected chi connectivity index (χ1v) is 12.6. The van der Waals surface area contributed by atoms with Gasteiger partial charge in [-0.1, -0.05) is 29.5 Å². The molecule has 0 unspecified atom stereocenters. The van der Waals surface area contributed by atoms with E-state index < -0.39 is 10.0 Å². The zero-order valence-corrected chi connectivity index (χ0v) is 20.6. The van der Waals surface area contributed by atoms with E-state index in [-0.39, 0.29) is 5.91 Å². The van der Waals surface area contributed by atoms with E-state index >= 15 is 0 Å². The molecule has 1 aromatic heterocycles. The van der Waals surface area contributed by atoms with Crippen LogP contribution < -0.4 is 10.0 Å². The number of nitrogens with one attached hydrogen (secondary N) is 2. The van der Waals surface area contributed by atoms with Crippen molar-refractivity contribution in [3.63, 3.8) is 0 Å². The quantitative estimate of drug-likeness (QED) is 0.438. The van der Waals surface area contributed by atoms with Gasteiger partial charge in [-0.05, 0) is 68.3 Å². The van der Waals surface area contributed by atoms with Gasteiger partial charge in [0.05, 0.1) is 17.1 Å². The Hall–Kier alpha value is -2.88. The highest BCUT2D eigenvalue weighted by Crippen LogP contribution is 2.29. The average molecular weight is 486 g/mol. The van der Waals surface area contributed by atoms with Crippen LogP contribution in [0.1, 0.15) is 27.0 Å². The number of hydrogen-bond donors (Lipinski definition) is 2. The molecule has 9 heteroatoms. The summed E-state index contributed by atoms with van der Waals surface area (Å²) in [6, 6.07) is 14.3. The number of pyridine rings is 1. The molecular weight excluding hydrogens is 458 g/mol. The number of ether oxygens (including phenoxy) is 1. The molecule has 2 N–H and O–H groups in total. The summed E-state index contributed by atoms with van der Waals surface area (Å²) in [6.45, 7) is 6.43. The minimum absolute atomic E-state index is 0.202. The molecule has 1 heterocycles. The van der Waals surface area contributed by atoms with Crippen LogP contribution in [0.2, 0.25) is 0 Å². The van der Waals surface area contributed by atoms with Gasteiger partial charge in [0.25, 0.3) is 15.9 Å². The number of carbonyl (C=O) groups excluding carboxylic acids is 1. The van der Waals surface area contributed by atoms with Crippen LogP contribution in [0.15, 0.2) is 69.5 Å². The Labute approximate surface area is 199 Å². The van der Waals surface area contributed by atoms with Crippen molar-refractivity contribution in [1.29, 1.82) is 0 Å². The van der Waals surface area contributed by atoms with Gasteiger partial charge in [0.15, 0.2) is 0 Å². The van der Waals surface area contributed by atoms with Gasteiger partial charge in [-0.3, -0.25) is 9.52 Å². The van der Waals surface area contributed by atoms with Crippen molar-refractivity contribution in [2.45, 2.75) is 35.6 Å². The highest BCUT2D eigenvalue weighted by Gasteiger charge is 2.20. The molecule has 174 valence electrons. The average Bonchev–Trinajstić information content (AvgIpc) is 2.74. The number of rotatable bonds is 9. The summed E-state index contributed by atoms with van der Waals surface area (Å²) in [6.07, 6.45) is 1.53. The summed E-state index contributed by atoms with van der Waals surface area (Å²) in [5.41, 5.74) is 3.42. The number of hydrogen-bond acceptors (Lipinski definition) is 6. The Bertz CT molecular complexity index is 1200. The van der Waals surface area contributed by atoms with Crippen LogP contribution in [0, 0.1) is 20.8 Å². The third kappa shape index (κ3) is 6.56. The number of aromatic nitrogens is 1. The fourth-order valence-corrected chi connectivity index (χ4v) is 5.72. The van der Waals surface area contributed by atoms with Crippen molar-refractivity contribution in [1.82, 2.24) is 10.3 Å². The van der Waals surface area contributed by atoms with E-state index in [9.17, 15) is 13.2 Å². The molecular formula is C24H27N3O4S2. The van der Waals surface area contributed by atoms with Gasteiger partial charge in [-0.2, -0.15) is 0 Å². The lowest BCUT2D eigenvalue weighted by atomic mass is 10.1. The molecule has 2 aromatic carbocycles. The molecule has 0 bridgehead atoms. The van der Waals surface area contributed by atoms with E-state index in [1.165, 1.54) is 18.0 Å². The second-order valence-corrected chi connectivity index (χ2v) is 10.3. The Morgan fingerprint density at radius 3 is 2.27 bits per heavy atom. The number of amides is 1. The number of benzene rings is 2. The second kappa shape index (κ2) is 10.8. The van der Waals surface area contributed by atoms with E-state index in [2.05, 4.69) is 15.0 Å². The highest BCUT2D eigenvalue weighted by atomic mass is 32.2. The van der Waals surface area contributed by atoms with Crippen molar-refractivity contribution >= 4 is 33.4 Å². The summed E-state index contributed by atoms with van der Waals surface area (Å²) in [5, 5.41) is 3.47. The van der Waals surface area contributed by atoms with Crippen LogP contribution in [0.3, 0.4) is 0 Å². The third-order valence-corrected chi connectivity index (χ3v) is 7.44. The molecule has 0 saturated heterocycles. The van der Waals surface area contributed by atoms with Gasteiger partial charge in [0.1, 0.15) is 5.03 Å². The van der Waals surface area contributed by atoms with E-state index in [1.807, 2.05) is 31.2 Å². The van der Waals surface area contributed by atoms with Crippen molar-refractivity contribution in [3.8, 4) is 0 Å². The molecule has 3 aromatic rings. The smallest absolute Gasteiger partial charge is 0.262 e. The zero-order chi connectivity index (χ0) is 24.0. The summed E-state index contributed by atoms with van der Waals surface area (Å²) >= 11 is 1.42. The highest BCUT2D eigenvalue weighted by molar-refractivity contribution is 7.99. The SMILES string of the molecule is COCCNC(=O)c1ccc(Sc2ccc(NS(=O)(=O)c3c(C)cc(C)cc3C)cc2)nc1. The predicted octanol–water partition coefficient (Wildman–Crippen LogP) is 4.34. The number of nitrogens with zero attached hydrogens (tertiary/aromatic N) is 1. The lowest BCUT2D eigenvalue weighted by molar-refractivity contribution is 0.0936. The molecule has 0 spiro atoms. The Balaban J connectivity index is 1.65. The molecule has 0 aliphatic rings. The van der Waals surface area contributed by atoms with E-state index in [0.717, 1.165) is 15.5 Å². The second-order valence-electron chi connectivity index (χ2n) is 7.59. The first-order chi connectivity index (χ1) is 15.7. The van der Waals surface area contributed by atoms with Gasteiger partial charge < -0.3 is 10.1 Å². The maximum absolute atomic E-state index is 12.9. The van der Waals surface area contributed by atoms with Crippen molar-refractivity contribution in [2.75, 3.05) is 25.0 Å². The van der Waals surface area contributed by atoms with Crippen molar-refractivity contribution < 1.29 is 17.9 Å². The van der Waals surface area contributed by atoms with E-state index in [4.69, 9.17) is 4.74 Å². The molecule has 0 radical (unpaired) electrons. The molecule has 1 amide bonds. The minimum Gasteiger partial charge on any atom is -0.383 e. The minimum atomic E-state index is -3.70. The lowest BCUT2D eigenvalue weighted by Gasteiger charge is -2.14. The maximum Gasteiger partial charge on any atom is 0.262 e. The molecule has 7 nitrogen and oxygen atoms in total. The topological polar surface area (TPSA) is 97.4 Å². The first kappa shape index (κ1) is 24.8. The van der Waals surface area contributed by atoms with E-state index in [0.29, 0.717) is 40.4 Å². The Morgan fingerprint density at radius 1 is 1.03 bits per heavy atom. The largest absolute Gasteiger partial charge is 0.383 e. The molecule has 0 fully saturated rings. The van der Waals surface area contributed by atoms with Crippen LogP contribution >= 0.6 is 11.8 Å². The van der Waals surface area contributed by atoms with Gasteiger partial charge in [-0.15, -0.1) is 0 Å². The molecule has 3 rings (SSSR count). The maximum atomic E-state index is 12.9. The molecule has 0 saturated carbocycles. The van der Waals surface area contributed by atoms with E-state index in [1.54, 1.807) is 45.2 Å². The van der Waals surface area contributed by atoms with Crippen LogP contribution in [0.4, 0.5) is 5.69 Å². The van der Waals surface area contributed by atoms with Crippen molar-refractivity contribution in [2.24, 2.45) is 0 Å². The van der Waals surface area contributed by atoms with Crippen molar-refractivity contribution in [3.05, 3.63) is 77.0 Å². The predicted molar refractivity (Wildman–Crippen MR) is 130 cm³/mol. The van der Waals surface area contributed by atoms with Crippen LogP contribution in [-0.4, -0.2) is 39.6 Å². The molecule has 0 atom stereocenters. The fourth-order valence-electron chi connectivity index (χ4n) is 3.45. The fraction of sp³-hybridized carbons (Fsp3) is 0.250. The Morgan fingerprint density at radius 2 is 1.70 bits per heavy atom. The summed E-state index contributed by atoms with van der Waals surface area (Å²) in [7, 11) is -2.12. The summed E-state index contributed by atoms with van der Waals surface area (Å²) in [4.78, 5) is 17.6. The monoisotopic (exact) mass is 485 g/mol. The van der Waals surface area contributed by atoms with Crippen LogP contribution in [-0.2, 0) is 14.8 Å². The molecule has 0 aliphatic carbocycles. The molecule has 0 aliphatic heterocycles. The number of carbonyl (C=O) groups is 1. The Kier molecular flexibility index (Phi) is 8.12. The number of aryl methyl sites for hydroxylation is 3. The third-order valence-electron chi connectivity index (χ3n) is 4.79. The molecule has 33 heavy (non-hydrogen) atoms. The summed E-state index contributed by atoms with van der Waals surface area (Å²) < 4.78 is 33.4. The van der Waals surface area contributed by atoms with Gasteiger partial charge >= 0.3 is 0 Å². The first-order valence-electron chi connectivity index (χ1n) is 10.3.